The Hall–Kier alpha value is -2.67. The zero-order valence-electron chi connectivity index (χ0n) is 11.6. The lowest BCUT2D eigenvalue weighted by atomic mass is 10.1. The van der Waals surface area contributed by atoms with Gasteiger partial charge in [-0.15, -0.1) is 0 Å². The summed E-state index contributed by atoms with van der Waals surface area (Å²) in [6, 6.07) is 14.9. The van der Waals surface area contributed by atoms with Gasteiger partial charge < -0.3 is 4.57 Å². The van der Waals surface area contributed by atoms with E-state index in [0.29, 0.717) is 12.1 Å². The topological polar surface area (TPSA) is 4.93 Å². The van der Waals surface area contributed by atoms with Crippen LogP contribution in [0.15, 0.2) is 60.8 Å². The average Bonchev–Trinajstić information content (AvgIpc) is 2.90. The lowest BCUT2D eigenvalue weighted by Crippen LogP contribution is -2.04. The molecule has 0 saturated carbocycles. The normalized spacial score (nSPS) is 11.2. The maximum atomic E-state index is 12.5. The molecule has 0 N–H and O–H groups in total. The van der Waals surface area contributed by atoms with E-state index in [1.807, 2.05) is 41.1 Å². The SMILES string of the molecule is FC(F)(F)c1ccc(C#CCn2ccc3ccccc32)cc1. The summed E-state index contributed by atoms with van der Waals surface area (Å²) in [6.07, 6.45) is -2.36. The minimum absolute atomic E-state index is 0.495. The van der Waals surface area contributed by atoms with E-state index >= 15 is 0 Å². The van der Waals surface area contributed by atoms with Gasteiger partial charge in [-0.3, -0.25) is 0 Å². The second-order valence-electron chi connectivity index (χ2n) is 4.88. The van der Waals surface area contributed by atoms with Crippen molar-refractivity contribution in [3.05, 3.63) is 71.9 Å². The Morgan fingerprint density at radius 2 is 1.64 bits per heavy atom. The molecule has 22 heavy (non-hydrogen) atoms. The molecule has 0 saturated heterocycles. The fourth-order valence-electron chi connectivity index (χ4n) is 2.25. The largest absolute Gasteiger partial charge is 0.416 e. The van der Waals surface area contributed by atoms with Crippen molar-refractivity contribution < 1.29 is 13.2 Å². The van der Waals surface area contributed by atoms with Gasteiger partial charge in [-0.05, 0) is 41.8 Å². The zero-order valence-corrected chi connectivity index (χ0v) is 11.6. The maximum absolute atomic E-state index is 12.5. The molecule has 1 nitrogen and oxygen atoms in total. The monoisotopic (exact) mass is 299 g/mol. The van der Waals surface area contributed by atoms with Crippen LogP contribution in [-0.4, -0.2) is 4.57 Å². The summed E-state index contributed by atoms with van der Waals surface area (Å²) in [7, 11) is 0. The molecule has 110 valence electrons. The smallest absolute Gasteiger partial charge is 0.336 e. The molecule has 2 aromatic carbocycles. The standard InChI is InChI=1S/C18H12F3N/c19-18(20,21)16-9-7-14(8-10-16)4-3-12-22-13-11-15-5-1-2-6-17(15)22/h1-2,5-11,13H,12H2. The molecule has 1 aromatic heterocycles. The fraction of sp³-hybridized carbons (Fsp3) is 0.111. The van der Waals surface area contributed by atoms with Crippen molar-refractivity contribution in [2.45, 2.75) is 12.7 Å². The Kier molecular flexibility index (Phi) is 3.64. The van der Waals surface area contributed by atoms with Crippen LogP contribution in [0.5, 0.6) is 0 Å². The number of alkyl halides is 3. The van der Waals surface area contributed by atoms with Crippen LogP contribution in [0.25, 0.3) is 10.9 Å². The van der Waals surface area contributed by atoms with Gasteiger partial charge >= 0.3 is 6.18 Å². The number of fused-ring (bicyclic) bond motifs is 1. The second kappa shape index (κ2) is 5.61. The van der Waals surface area contributed by atoms with Crippen molar-refractivity contribution >= 4 is 10.9 Å². The van der Waals surface area contributed by atoms with Gasteiger partial charge in [0, 0.05) is 17.3 Å². The van der Waals surface area contributed by atoms with Gasteiger partial charge in [0.15, 0.2) is 0 Å². The Labute approximate surface area is 126 Å². The predicted molar refractivity (Wildman–Crippen MR) is 80.3 cm³/mol. The van der Waals surface area contributed by atoms with Crippen LogP contribution in [-0.2, 0) is 12.7 Å². The summed E-state index contributed by atoms with van der Waals surface area (Å²) in [5.74, 6) is 5.87. The number of para-hydroxylation sites is 1. The van der Waals surface area contributed by atoms with E-state index in [0.717, 1.165) is 23.0 Å². The maximum Gasteiger partial charge on any atom is 0.416 e. The molecule has 3 rings (SSSR count). The van der Waals surface area contributed by atoms with E-state index in [1.165, 1.54) is 12.1 Å². The van der Waals surface area contributed by atoms with Crippen LogP contribution in [0.1, 0.15) is 11.1 Å². The highest BCUT2D eigenvalue weighted by Gasteiger charge is 2.29. The van der Waals surface area contributed by atoms with Gasteiger partial charge in [-0.2, -0.15) is 13.2 Å². The Morgan fingerprint density at radius 3 is 2.36 bits per heavy atom. The van der Waals surface area contributed by atoms with Crippen LogP contribution in [0, 0.1) is 11.8 Å². The molecular weight excluding hydrogens is 287 g/mol. The third-order valence-electron chi connectivity index (χ3n) is 3.37. The first-order valence-corrected chi connectivity index (χ1v) is 6.74. The quantitative estimate of drug-likeness (QED) is 0.573. The molecule has 1 heterocycles. The highest BCUT2D eigenvalue weighted by molar-refractivity contribution is 5.80. The number of nitrogens with zero attached hydrogens (tertiary/aromatic N) is 1. The summed E-state index contributed by atoms with van der Waals surface area (Å²) in [5.41, 5.74) is 1.00. The van der Waals surface area contributed by atoms with Crippen LogP contribution in [0.3, 0.4) is 0 Å². The van der Waals surface area contributed by atoms with Crippen molar-refractivity contribution in [3.8, 4) is 11.8 Å². The summed E-state index contributed by atoms with van der Waals surface area (Å²) in [6.45, 7) is 0.495. The molecule has 0 aliphatic rings. The van der Waals surface area contributed by atoms with Gasteiger partial charge in [0.2, 0.25) is 0 Å². The first-order valence-electron chi connectivity index (χ1n) is 6.74. The van der Waals surface area contributed by atoms with Crippen molar-refractivity contribution in [2.75, 3.05) is 0 Å². The third kappa shape index (κ3) is 2.99. The fourth-order valence-corrected chi connectivity index (χ4v) is 2.25. The van der Waals surface area contributed by atoms with E-state index in [1.54, 1.807) is 0 Å². The van der Waals surface area contributed by atoms with Gasteiger partial charge in [0.05, 0.1) is 12.1 Å². The van der Waals surface area contributed by atoms with Crippen LogP contribution >= 0.6 is 0 Å². The zero-order chi connectivity index (χ0) is 15.6. The van der Waals surface area contributed by atoms with E-state index in [2.05, 4.69) is 11.8 Å². The van der Waals surface area contributed by atoms with Crippen LogP contribution in [0.2, 0.25) is 0 Å². The Balaban J connectivity index is 1.76. The average molecular weight is 299 g/mol. The molecule has 0 radical (unpaired) electrons. The second-order valence-corrected chi connectivity index (χ2v) is 4.88. The molecule has 0 atom stereocenters. The van der Waals surface area contributed by atoms with Crippen molar-refractivity contribution in [1.82, 2.24) is 4.57 Å². The molecule has 0 bridgehead atoms. The minimum atomic E-state index is -4.31. The number of rotatable bonds is 1. The molecule has 0 aliphatic carbocycles. The van der Waals surface area contributed by atoms with Gasteiger partial charge in [0.25, 0.3) is 0 Å². The van der Waals surface area contributed by atoms with Gasteiger partial charge in [0.1, 0.15) is 0 Å². The minimum Gasteiger partial charge on any atom is -0.336 e. The first-order chi connectivity index (χ1) is 10.5. The molecule has 0 amide bonds. The van der Waals surface area contributed by atoms with E-state index in [9.17, 15) is 13.2 Å². The van der Waals surface area contributed by atoms with Gasteiger partial charge in [-0.25, -0.2) is 0 Å². The number of hydrogen-bond donors (Lipinski definition) is 0. The predicted octanol–water partition coefficient (Wildman–Crippen LogP) is 4.71. The number of benzene rings is 2. The Bertz CT molecular complexity index is 846. The van der Waals surface area contributed by atoms with E-state index in [4.69, 9.17) is 0 Å². The summed E-state index contributed by atoms with van der Waals surface area (Å²) >= 11 is 0. The van der Waals surface area contributed by atoms with Crippen molar-refractivity contribution in [1.29, 1.82) is 0 Å². The van der Waals surface area contributed by atoms with Gasteiger partial charge in [-0.1, -0.05) is 30.0 Å². The molecule has 3 aromatic rings. The third-order valence-corrected chi connectivity index (χ3v) is 3.37. The molecule has 4 heteroatoms. The van der Waals surface area contributed by atoms with E-state index in [-0.39, 0.29) is 0 Å². The van der Waals surface area contributed by atoms with Crippen LogP contribution < -0.4 is 0 Å². The lowest BCUT2D eigenvalue weighted by Gasteiger charge is -2.05. The van der Waals surface area contributed by atoms with Crippen molar-refractivity contribution in [2.24, 2.45) is 0 Å². The number of aromatic nitrogens is 1. The molecule has 0 unspecified atom stereocenters. The number of hydrogen-bond acceptors (Lipinski definition) is 0. The molecule has 0 fully saturated rings. The highest BCUT2D eigenvalue weighted by Crippen LogP contribution is 2.28. The summed E-state index contributed by atoms with van der Waals surface area (Å²) in [4.78, 5) is 0. The van der Waals surface area contributed by atoms with Crippen LogP contribution in [0.4, 0.5) is 13.2 Å². The Morgan fingerprint density at radius 1 is 0.909 bits per heavy atom. The van der Waals surface area contributed by atoms with Crippen molar-refractivity contribution in [3.63, 3.8) is 0 Å². The lowest BCUT2D eigenvalue weighted by molar-refractivity contribution is -0.137. The first kappa shape index (κ1) is 14.3. The number of halogens is 3. The van der Waals surface area contributed by atoms with E-state index < -0.39 is 11.7 Å². The highest BCUT2D eigenvalue weighted by atomic mass is 19.4. The summed E-state index contributed by atoms with van der Waals surface area (Å²) in [5, 5.41) is 1.14. The molecular formula is C18H12F3N. The molecule has 0 spiro atoms. The molecule has 0 aliphatic heterocycles. The summed E-state index contributed by atoms with van der Waals surface area (Å²) < 4.78 is 39.4.